The Morgan fingerprint density at radius 1 is 0.968 bits per heavy atom. The monoisotopic (exact) mass is 428 g/mol. The van der Waals surface area contributed by atoms with Crippen molar-refractivity contribution in [1.82, 2.24) is 14.0 Å². The molecule has 0 spiro atoms. The summed E-state index contributed by atoms with van der Waals surface area (Å²) < 4.78 is 3.26. The highest BCUT2D eigenvalue weighted by Crippen LogP contribution is 2.21. The van der Waals surface area contributed by atoms with Gasteiger partial charge >= 0.3 is 0 Å². The SMILES string of the molecule is O=C(Nc1cccc(Cl)c1)c1cc2c(=O)n3ccccc3nc2n1Cc1ccccc1. The van der Waals surface area contributed by atoms with E-state index in [0.29, 0.717) is 39.6 Å². The summed E-state index contributed by atoms with van der Waals surface area (Å²) in [4.78, 5) is 31.0. The summed E-state index contributed by atoms with van der Waals surface area (Å²) in [6, 6.07) is 23.6. The highest BCUT2D eigenvalue weighted by atomic mass is 35.5. The number of halogens is 1. The van der Waals surface area contributed by atoms with Gasteiger partial charge in [0.2, 0.25) is 0 Å². The maximum absolute atomic E-state index is 13.2. The van der Waals surface area contributed by atoms with E-state index in [1.807, 2.05) is 36.4 Å². The second-order valence-electron chi connectivity index (χ2n) is 7.15. The van der Waals surface area contributed by atoms with Gasteiger partial charge in [0.25, 0.3) is 11.5 Å². The predicted octanol–water partition coefficient (Wildman–Crippen LogP) is 4.60. The number of amides is 1. The molecule has 0 aliphatic carbocycles. The van der Waals surface area contributed by atoms with Gasteiger partial charge in [-0.15, -0.1) is 0 Å². The molecule has 0 fully saturated rings. The van der Waals surface area contributed by atoms with Crippen LogP contribution < -0.4 is 10.9 Å². The zero-order valence-corrected chi connectivity index (χ0v) is 17.1. The van der Waals surface area contributed by atoms with Crippen LogP contribution in [0.3, 0.4) is 0 Å². The normalized spacial score (nSPS) is 11.1. The number of anilines is 1. The number of pyridine rings is 1. The molecule has 2 aromatic carbocycles. The number of carbonyl (C=O) groups is 1. The van der Waals surface area contributed by atoms with Crippen LogP contribution in [0.5, 0.6) is 0 Å². The minimum Gasteiger partial charge on any atom is -0.321 e. The second-order valence-corrected chi connectivity index (χ2v) is 7.59. The van der Waals surface area contributed by atoms with Gasteiger partial charge in [-0.1, -0.05) is 54.1 Å². The van der Waals surface area contributed by atoms with Gasteiger partial charge in [-0.05, 0) is 42.0 Å². The first-order valence-electron chi connectivity index (χ1n) is 9.71. The van der Waals surface area contributed by atoms with E-state index in [4.69, 9.17) is 11.6 Å². The molecule has 5 aromatic rings. The summed E-state index contributed by atoms with van der Waals surface area (Å²) in [7, 11) is 0. The van der Waals surface area contributed by atoms with E-state index < -0.39 is 0 Å². The first-order chi connectivity index (χ1) is 15.1. The largest absolute Gasteiger partial charge is 0.321 e. The lowest BCUT2D eigenvalue weighted by Crippen LogP contribution is -2.18. The molecule has 7 heteroatoms. The van der Waals surface area contributed by atoms with Crippen LogP contribution in [0.1, 0.15) is 16.1 Å². The lowest BCUT2D eigenvalue weighted by atomic mass is 10.2. The third-order valence-corrected chi connectivity index (χ3v) is 5.31. The van der Waals surface area contributed by atoms with E-state index in [2.05, 4.69) is 10.3 Å². The number of rotatable bonds is 4. The molecule has 3 aromatic heterocycles. The number of fused-ring (bicyclic) bond motifs is 2. The summed E-state index contributed by atoms with van der Waals surface area (Å²) in [5, 5.41) is 3.77. The standard InChI is InChI=1S/C24H17ClN4O2/c25-17-9-6-10-18(13-17)26-23(30)20-14-19-22(29(20)15-16-7-2-1-3-8-16)27-21-11-4-5-12-28(21)24(19)31/h1-14H,15H2,(H,26,30). The van der Waals surface area contributed by atoms with Crippen LogP contribution in [0, 0.1) is 0 Å². The lowest BCUT2D eigenvalue weighted by molar-refractivity contribution is 0.101. The average molecular weight is 429 g/mol. The van der Waals surface area contributed by atoms with Crippen molar-refractivity contribution in [3.05, 3.63) is 112 Å². The summed E-state index contributed by atoms with van der Waals surface area (Å²) >= 11 is 6.05. The van der Waals surface area contributed by atoms with Crippen molar-refractivity contribution in [2.24, 2.45) is 0 Å². The zero-order chi connectivity index (χ0) is 21.4. The Bertz CT molecular complexity index is 1490. The molecule has 3 heterocycles. The average Bonchev–Trinajstić information content (AvgIpc) is 3.13. The molecule has 5 rings (SSSR count). The minimum atomic E-state index is -0.343. The Balaban J connectivity index is 1.69. The Labute approximate surface area is 182 Å². The number of aromatic nitrogens is 3. The van der Waals surface area contributed by atoms with E-state index in [1.165, 1.54) is 4.40 Å². The molecular weight excluding hydrogens is 412 g/mol. The number of hydrogen-bond donors (Lipinski definition) is 1. The Hall–Kier alpha value is -3.90. The number of nitrogens with zero attached hydrogens (tertiary/aromatic N) is 3. The molecule has 0 aliphatic heterocycles. The van der Waals surface area contributed by atoms with Crippen molar-refractivity contribution < 1.29 is 4.79 Å². The van der Waals surface area contributed by atoms with Gasteiger partial charge in [-0.3, -0.25) is 14.0 Å². The van der Waals surface area contributed by atoms with Crippen LogP contribution >= 0.6 is 11.6 Å². The van der Waals surface area contributed by atoms with Crippen molar-refractivity contribution >= 4 is 39.9 Å². The molecule has 0 bridgehead atoms. The van der Waals surface area contributed by atoms with Crippen LogP contribution in [-0.2, 0) is 6.54 Å². The van der Waals surface area contributed by atoms with Crippen LogP contribution in [0.15, 0.2) is 89.9 Å². The van der Waals surface area contributed by atoms with Crippen molar-refractivity contribution in [3.8, 4) is 0 Å². The molecular formula is C24H17ClN4O2. The molecule has 1 amide bonds. The van der Waals surface area contributed by atoms with E-state index in [-0.39, 0.29) is 11.5 Å². The summed E-state index contributed by atoms with van der Waals surface area (Å²) in [5.74, 6) is -0.343. The minimum absolute atomic E-state index is 0.218. The van der Waals surface area contributed by atoms with E-state index in [0.717, 1.165) is 5.56 Å². The van der Waals surface area contributed by atoms with Gasteiger partial charge < -0.3 is 9.88 Å². The molecule has 0 radical (unpaired) electrons. The smallest absolute Gasteiger partial charge is 0.272 e. The van der Waals surface area contributed by atoms with Crippen LogP contribution in [0.25, 0.3) is 16.7 Å². The van der Waals surface area contributed by atoms with Gasteiger partial charge in [0.1, 0.15) is 17.0 Å². The Morgan fingerprint density at radius 2 is 1.77 bits per heavy atom. The van der Waals surface area contributed by atoms with Gasteiger partial charge in [0.15, 0.2) is 0 Å². The molecule has 0 aliphatic rings. The molecule has 0 saturated carbocycles. The quantitative estimate of drug-likeness (QED) is 0.454. The topological polar surface area (TPSA) is 68.4 Å². The maximum atomic E-state index is 13.2. The molecule has 0 atom stereocenters. The van der Waals surface area contributed by atoms with Gasteiger partial charge in [0, 0.05) is 23.5 Å². The Morgan fingerprint density at radius 3 is 2.58 bits per heavy atom. The molecule has 1 N–H and O–H groups in total. The molecule has 0 saturated heterocycles. The third-order valence-electron chi connectivity index (χ3n) is 5.08. The predicted molar refractivity (Wildman–Crippen MR) is 122 cm³/mol. The van der Waals surface area contributed by atoms with Crippen molar-refractivity contribution in [1.29, 1.82) is 0 Å². The molecule has 6 nitrogen and oxygen atoms in total. The van der Waals surface area contributed by atoms with E-state index >= 15 is 0 Å². The highest BCUT2D eigenvalue weighted by molar-refractivity contribution is 6.31. The van der Waals surface area contributed by atoms with Crippen LogP contribution in [0.4, 0.5) is 5.69 Å². The number of carbonyl (C=O) groups excluding carboxylic acids is 1. The third kappa shape index (κ3) is 3.58. The maximum Gasteiger partial charge on any atom is 0.272 e. The van der Waals surface area contributed by atoms with Crippen molar-refractivity contribution in [2.45, 2.75) is 6.54 Å². The van der Waals surface area contributed by atoms with Gasteiger partial charge in [-0.25, -0.2) is 4.98 Å². The summed E-state index contributed by atoms with van der Waals surface area (Å²) in [6.45, 7) is 0.401. The van der Waals surface area contributed by atoms with Crippen molar-refractivity contribution in [2.75, 3.05) is 5.32 Å². The fraction of sp³-hybridized carbons (Fsp3) is 0.0417. The number of benzene rings is 2. The second kappa shape index (κ2) is 7.74. The molecule has 152 valence electrons. The molecule has 31 heavy (non-hydrogen) atoms. The Kier molecular flexibility index (Phi) is 4.76. The first kappa shape index (κ1) is 19.1. The highest BCUT2D eigenvalue weighted by Gasteiger charge is 2.20. The van der Waals surface area contributed by atoms with Gasteiger partial charge in [-0.2, -0.15) is 0 Å². The molecule has 0 unspecified atom stereocenters. The number of nitrogens with one attached hydrogen (secondary N) is 1. The fourth-order valence-electron chi connectivity index (χ4n) is 3.63. The number of hydrogen-bond acceptors (Lipinski definition) is 3. The van der Waals surface area contributed by atoms with E-state index in [9.17, 15) is 9.59 Å². The van der Waals surface area contributed by atoms with Crippen LogP contribution in [-0.4, -0.2) is 19.9 Å². The van der Waals surface area contributed by atoms with E-state index in [1.54, 1.807) is 53.2 Å². The van der Waals surface area contributed by atoms with Crippen molar-refractivity contribution in [3.63, 3.8) is 0 Å². The van der Waals surface area contributed by atoms with Crippen LogP contribution in [0.2, 0.25) is 5.02 Å². The summed E-state index contributed by atoms with van der Waals surface area (Å²) in [5.41, 5.74) is 2.68. The lowest BCUT2D eigenvalue weighted by Gasteiger charge is -2.11. The van der Waals surface area contributed by atoms with Gasteiger partial charge in [0.05, 0.1) is 5.39 Å². The summed E-state index contributed by atoms with van der Waals surface area (Å²) in [6.07, 6.45) is 1.67. The zero-order valence-electron chi connectivity index (χ0n) is 16.3. The first-order valence-corrected chi connectivity index (χ1v) is 10.1. The fourth-order valence-corrected chi connectivity index (χ4v) is 3.82.